The summed E-state index contributed by atoms with van der Waals surface area (Å²) in [4.78, 5) is 0. The first-order chi connectivity index (χ1) is 7.06. The summed E-state index contributed by atoms with van der Waals surface area (Å²) in [6, 6.07) is 0. The summed E-state index contributed by atoms with van der Waals surface area (Å²) in [5.41, 5.74) is 0.564. The summed E-state index contributed by atoms with van der Waals surface area (Å²) in [6.07, 6.45) is 1.79. The zero-order valence-corrected chi connectivity index (χ0v) is 11.6. The average Bonchev–Trinajstić information content (AvgIpc) is 2.46. The Hall–Kier alpha value is -0.840. The third kappa shape index (κ3) is 2.29. The molecule has 0 aliphatic rings. The molecule has 92 valence electrons. The molecule has 1 aromatic heterocycles. The van der Waals surface area contributed by atoms with Gasteiger partial charge >= 0.3 is 0 Å². The van der Waals surface area contributed by atoms with E-state index in [0.29, 0.717) is 0 Å². The highest BCUT2D eigenvalue weighted by Gasteiger charge is 2.31. The molecule has 16 heavy (non-hydrogen) atoms. The summed E-state index contributed by atoms with van der Waals surface area (Å²) in [7, 11) is -1.56. The number of nitrogens with zero attached hydrogens (tertiary/aromatic N) is 2. The maximum absolute atomic E-state index is 12.1. The van der Waals surface area contributed by atoms with E-state index in [1.165, 1.54) is 0 Å². The van der Waals surface area contributed by atoms with Crippen molar-refractivity contribution in [3.05, 3.63) is 11.8 Å². The van der Waals surface area contributed by atoms with Gasteiger partial charge in [-0.2, -0.15) is 5.10 Å². The number of aryl methyl sites for hydroxylation is 1. The van der Waals surface area contributed by atoms with Gasteiger partial charge in [-0.1, -0.05) is 20.8 Å². The Morgan fingerprint density at radius 1 is 1.31 bits per heavy atom. The Labute approximate surface area is 97.6 Å². The molecule has 4 nitrogen and oxygen atoms in total. The van der Waals surface area contributed by atoms with Crippen molar-refractivity contribution in [3.63, 3.8) is 0 Å². The van der Waals surface area contributed by atoms with Crippen molar-refractivity contribution in [1.29, 1.82) is 0 Å². The molecule has 0 amide bonds. The van der Waals surface area contributed by atoms with Crippen molar-refractivity contribution >= 4 is 9.84 Å². The minimum absolute atomic E-state index is 0.217. The molecular formula is C11H20N2O2S. The predicted molar refractivity (Wildman–Crippen MR) is 64.2 cm³/mol. The van der Waals surface area contributed by atoms with Crippen LogP contribution in [-0.4, -0.2) is 23.4 Å². The van der Waals surface area contributed by atoms with E-state index in [1.807, 2.05) is 20.8 Å². The van der Waals surface area contributed by atoms with E-state index in [-0.39, 0.29) is 10.4 Å². The molecule has 0 unspecified atom stereocenters. The number of rotatable bonds is 2. The molecule has 1 heterocycles. The van der Waals surface area contributed by atoms with E-state index in [9.17, 15) is 8.42 Å². The number of sulfone groups is 1. The summed E-state index contributed by atoms with van der Waals surface area (Å²) >= 11 is 0. The molecule has 0 saturated carbocycles. The van der Waals surface area contributed by atoms with Gasteiger partial charge in [0.1, 0.15) is 0 Å². The van der Waals surface area contributed by atoms with Gasteiger partial charge in [0.25, 0.3) is 0 Å². The fourth-order valence-corrected chi connectivity index (χ4v) is 2.77. The molecule has 0 radical (unpaired) electrons. The van der Waals surface area contributed by atoms with Gasteiger partial charge in [0.2, 0.25) is 0 Å². The minimum atomic E-state index is -3.30. The SMILES string of the molecule is CC(C)S(=O)(=O)c1nn(C)cc1C(C)(C)C. The third-order valence-corrected chi connectivity index (χ3v) is 4.57. The van der Waals surface area contributed by atoms with Crippen molar-refractivity contribution in [3.8, 4) is 0 Å². The van der Waals surface area contributed by atoms with Crippen LogP contribution in [0.5, 0.6) is 0 Å². The van der Waals surface area contributed by atoms with E-state index in [0.717, 1.165) is 5.56 Å². The van der Waals surface area contributed by atoms with Crippen molar-refractivity contribution in [1.82, 2.24) is 9.78 Å². The Bertz CT molecular complexity index is 479. The smallest absolute Gasteiger partial charge is 0.200 e. The van der Waals surface area contributed by atoms with Crippen LogP contribution < -0.4 is 0 Å². The van der Waals surface area contributed by atoms with Crippen LogP contribution in [0.25, 0.3) is 0 Å². The average molecular weight is 244 g/mol. The monoisotopic (exact) mass is 244 g/mol. The second kappa shape index (κ2) is 3.87. The molecule has 0 fully saturated rings. The van der Waals surface area contributed by atoms with Crippen LogP contribution in [0.4, 0.5) is 0 Å². The van der Waals surface area contributed by atoms with Crippen LogP contribution in [0.1, 0.15) is 40.2 Å². The summed E-state index contributed by atoms with van der Waals surface area (Å²) in [6.45, 7) is 9.32. The van der Waals surface area contributed by atoms with Crippen LogP contribution >= 0.6 is 0 Å². The summed E-state index contributed by atoms with van der Waals surface area (Å²) in [5, 5.41) is 3.88. The number of aromatic nitrogens is 2. The molecule has 1 rings (SSSR count). The van der Waals surface area contributed by atoms with Gasteiger partial charge in [-0.3, -0.25) is 4.68 Å². The molecule has 0 bridgehead atoms. The molecule has 0 spiro atoms. The van der Waals surface area contributed by atoms with Crippen LogP contribution in [0.15, 0.2) is 11.2 Å². The lowest BCUT2D eigenvalue weighted by atomic mass is 9.90. The first-order valence-corrected chi connectivity index (χ1v) is 6.89. The van der Waals surface area contributed by atoms with Crippen molar-refractivity contribution in [2.24, 2.45) is 7.05 Å². The maximum atomic E-state index is 12.1. The van der Waals surface area contributed by atoms with E-state index in [2.05, 4.69) is 5.10 Å². The zero-order valence-electron chi connectivity index (χ0n) is 10.8. The Kier molecular flexibility index (Phi) is 3.20. The summed E-state index contributed by atoms with van der Waals surface area (Å²) < 4.78 is 25.8. The molecule has 1 aromatic rings. The van der Waals surface area contributed by atoms with Gasteiger partial charge in [0.15, 0.2) is 14.9 Å². The standard InChI is InChI=1S/C11H20N2O2S/c1-8(2)16(14,15)10-9(11(3,4)5)7-13(6)12-10/h7-8H,1-6H3. The van der Waals surface area contributed by atoms with Crippen molar-refractivity contribution in [2.75, 3.05) is 0 Å². The quantitative estimate of drug-likeness (QED) is 0.798. The van der Waals surface area contributed by atoms with Gasteiger partial charge in [-0.05, 0) is 19.3 Å². The van der Waals surface area contributed by atoms with Gasteiger partial charge in [-0.15, -0.1) is 0 Å². The lowest BCUT2D eigenvalue weighted by Crippen LogP contribution is -2.20. The molecule has 0 aliphatic heterocycles. The van der Waals surface area contributed by atoms with Crippen LogP contribution in [0, 0.1) is 0 Å². The molecule has 0 saturated heterocycles. The molecule has 0 atom stereocenters. The van der Waals surface area contributed by atoms with E-state index >= 15 is 0 Å². The highest BCUT2D eigenvalue weighted by Crippen LogP contribution is 2.29. The van der Waals surface area contributed by atoms with E-state index < -0.39 is 15.1 Å². The lowest BCUT2D eigenvalue weighted by molar-refractivity contribution is 0.553. The lowest BCUT2D eigenvalue weighted by Gasteiger charge is -2.18. The fourth-order valence-electron chi connectivity index (χ4n) is 1.42. The topological polar surface area (TPSA) is 52.0 Å². The van der Waals surface area contributed by atoms with Crippen LogP contribution in [-0.2, 0) is 22.3 Å². The molecule has 5 heteroatoms. The normalized spacial score (nSPS) is 13.4. The second-order valence-corrected chi connectivity index (χ2v) is 7.78. The predicted octanol–water partition coefficient (Wildman–Crippen LogP) is 1.90. The van der Waals surface area contributed by atoms with Gasteiger partial charge in [0, 0.05) is 18.8 Å². The number of hydrogen-bond donors (Lipinski definition) is 0. The molecule has 0 aliphatic carbocycles. The Morgan fingerprint density at radius 3 is 2.19 bits per heavy atom. The van der Waals surface area contributed by atoms with Gasteiger partial charge in [-0.25, -0.2) is 8.42 Å². The van der Waals surface area contributed by atoms with Crippen LogP contribution in [0.3, 0.4) is 0 Å². The molecule has 0 N–H and O–H groups in total. The maximum Gasteiger partial charge on any atom is 0.200 e. The van der Waals surface area contributed by atoms with E-state index in [4.69, 9.17) is 0 Å². The van der Waals surface area contributed by atoms with Crippen molar-refractivity contribution < 1.29 is 8.42 Å². The molecule has 0 aromatic carbocycles. The minimum Gasteiger partial charge on any atom is -0.274 e. The Morgan fingerprint density at radius 2 is 1.81 bits per heavy atom. The van der Waals surface area contributed by atoms with Gasteiger partial charge in [0.05, 0.1) is 5.25 Å². The number of hydrogen-bond acceptors (Lipinski definition) is 3. The Balaban J connectivity index is 3.47. The van der Waals surface area contributed by atoms with Crippen molar-refractivity contribution in [2.45, 2.75) is 50.3 Å². The van der Waals surface area contributed by atoms with E-state index in [1.54, 1.807) is 31.8 Å². The zero-order chi connectivity index (χ0) is 12.7. The highest BCUT2D eigenvalue weighted by atomic mass is 32.2. The third-order valence-electron chi connectivity index (χ3n) is 2.49. The second-order valence-electron chi connectivity index (χ2n) is 5.37. The van der Waals surface area contributed by atoms with Gasteiger partial charge < -0.3 is 0 Å². The summed E-state index contributed by atoms with van der Waals surface area (Å²) in [5.74, 6) is 0. The molecular weight excluding hydrogens is 224 g/mol. The first kappa shape index (κ1) is 13.2. The highest BCUT2D eigenvalue weighted by molar-refractivity contribution is 7.92. The largest absolute Gasteiger partial charge is 0.274 e. The fraction of sp³-hybridized carbons (Fsp3) is 0.727. The van der Waals surface area contributed by atoms with Crippen LogP contribution in [0.2, 0.25) is 0 Å². The first-order valence-electron chi connectivity index (χ1n) is 5.35.